The van der Waals surface area contributed by atoms with Gasteiger partial charge in [0, 0.05) is 23.6 Å². The Morgan fingerprint density at radius 2 is 2.10 bits per heavy atom. The molecule has 0 aliphatic carbocycles. The van der Waals surface area contributed by atoms with E-state index < -0.39 is 0 Å². The third kappa shape index (κ3) is 2.47. The maximum absolute atomic E-state index is 6.13. The van der Waals surface area contributed by atoms with Crippen molar-refractivity contribution in [3.63, 3.8) is 0 Å². The Kier molecular flexibility index (Phi) is 3.55. The Balaban J connectivity index is 1.89. The lowest BCUT2D eigenvalue weighted by Gasteiger charge is -2.12. The molecular formula is C15H13Cl2N3. The molecule has 3 nitrogen and oxygen atoms in total. The summed E-state index contributed by atoms with van der Waals surface area (Å²) >= 11 is 12.0. The number of aromatic nitrogens is 2. The van der Waals surface area contributed by atoms with Crippen molar-refractivity contribution >= 4 is 39.8 Å². The monoisotopic (exact) mass is 305 g/mol. The number of aromatic amines is 1. The zero-order valence-electron chi connectivity index (χ0n) is 10.9. The van der Waals surface area contributed by atoms with Crippen LogP contribution in [-0.2, 0) is 6.54 Å². The Morgan fingerprint density at radius 1 is 1.25 bits per heavy atom. The zero-order chi connectivity index (χ0) is 14.1. The van der Waals surface area contributed by atoms with E-state index in [0.717, 1.165) is 16.8 Å². The average molecular weight is 306 g/mol. The number of anilines is 1. The molecule has 2 N–H and O–H groups in total. The molecule has 0 unspecified atom stereocenters. The quantitative estimate of drug-likeness (QED) is 0.683. The summed E-state index contributed by atoms with van der Waals surface area (Å²) in [5, 5.41) is 5.35. The topological polar surface area (TPSA) is 40.7 Å². The summed E-state index contributed by atoms with van der Waals surface area (Å²) in [7, 11) is 0. The highest BCUT2D eigenvalue weighted by Crippen LogP contribution is 2.27. The summed E-state index contributed by atoms with van der Waals surface area (Å²) in [6.07, 6.45) is 1.94. The summed E-state index contributed by atoms with van der Waals surface area (Å²) in [6, 6.07) is 10.1. The molecule has 3 rings (SSSR count). The molecule has 0 saturated carbocycles. The second kappa shape index (κ2) is 5.35. The molecule has 0 aliphatic rings. The second-order valence-corrected chi connectivity index (χ2v) is 5.38. The van der Waals surface area contributed by atoms with E-state index >= 15 is 0 Å². The molecule has 0 fully saturated rings. The van der Waals surface area contributed by atoms with Gasteiger partial charge in [0.25, 0.3) is 0 Å². The van der Waals surface area contributed by atoms with E-state index in [0.29, 0.717) is 16.9 Å². The summed E-state index contributed by atoms with van der Waals surface area (Å²) in [4.78, 5) is 7.27. The lowest BCUT2D eigenvalue weighted by molar-refractivity contribution is 1.14. The van der Waals surface area contributed by atoms with Crippen LogP contribution in [0.3, 0.4) is 0 Å². The number of hydrogen-bond donors (Lipinski definition) is 2. The third-order valence-corrected chi connectivity index (χ3v) is 3.75. The number of nitrogens with zero attached hydrogens (tertiary/aromatic N) is 1. The van der Waals surface area contributed by atoms with Crippen LogP contribution in [0.2, 0.25) is 10.3 Å². The van der Waals surface area contributed by atoms with Gasteiger partial charge in [-0.3, -0.25) is 0 Å². The maximum atomic E-state index is 6.13. The Labute approximate surface area is 126 Å². The summed E-state index contributed by atoms with van der Waals surface area (Å²) < 4.78 is 0. The zero-order valence-corrected chi connectivity index (χ0v) is 12.4. The van der Waals surface area contributed by atoms with Gasteiger partial charge in [-0.1, -0.05) is 35.3 Å². The Morgan fingerprint density at radius 3 is 2.90 bits per heavy atom. The van der Waals surface area contributed by atoms with Crippen molar-refractivity contribution in [2.24, 2.45) is 0 Å². The normalized spacial score (nSPS) is 10.9. The molecule has 0 saturated heterocycles. The van der Waals surface area contributed by atoms with Gasteiger partial charge < -0.3 is 10.3 Å². The number of hydrogen-bond acceptors (Lipinski definition) is 2. The molecule has 20 heavy (non-hydrogen) atoms. The SMILES string of the molecule is Cc1cc(Cl)nc(Cl)c1NCc1cccc2[nH]ccc12. The lowest BCUT2D eigenvalue weighted by atomic mass is 10.1. The highest BCUT2D eigenvalue weighted by Gasteiger charge is 2.08. The molecule has 1 aromatic carbocycles. The summed E-state index contributed by atoms with van der Waals surface area (Å²) in [6.45, 7) is 2.64. The van der Waals surface area contributed by atoms with E-state index in [1.165, 1.54) is 10.9 Å². The van der Waals surface area contributed by atoms with Gasteiger partial charge in [0.05, 0.1) is 5.69 Å². The predicted molar refractivity (Wildman–Crippen MR) is 84.6 cm³/mol. The average Bonchev–Trinajstić information content (AvgIpc) is 2.86. The minimum atomic E-state index is 0.399. The molecule has 2 aromatic heterocycles. The molecule has 0 atom stereocenters. The molecular weight excluding hydrogens is 293 g/mol. The lowest BCUT2D eigenvalue weighted by Crippen LogP contribution is -2.03. The first-order chi connectivity index (χ1) is 9.65. The Hall–Kier alpha value is -1.71. The van der Waals surface area contributed by atoms with Crippen molar-refractivity contribution < 1.29 is 0 Å². The van der Waals surface area contributed by atoms with Crippen LogP contribution in [0.1, 0.15) is 11.1 Å². The fraction of sp³-hybridized carbons (Fsp3) is 0.133. The van der Waals surface area contributed by atoms with Crippen LogP contribution in [0, 0.1) is 6.92 Å². The van der Waals surface area contributed by atoms with Crippen LogP contribution >= 0.6 is 23.2 Å². The van der Waals surface area contributed by atoms with Gasteiger partial charge in [-0.25, -0.2) is 4.98 Å². The number of halogens is 2. The van der Waals surface area contributed by atoms with Gasteiger partial charge in [-0.05, 0) is 36.2 Å². The fourth-order valence-corrected chi connectivity index (χ4v) is 2.89. The van der Waals surface area contributed by atoms with Crippen LogP contribution in [0.5, 0.6) is 0 Å². The second-order valence-electron chi connectivity index (χ2n) is 4.64. The van der Waals surface area contributed by atoms with Gasteiger partial charge in [-0.2, -0.15) is 0 Å². The van der Waals surface area contributed by atoms with E-state index in [-0.39, 0.29) is 0 Å². The minimum Gasteiger partial charge on any atom is -0.378 e. The van der Waals surface area contributed by atoms with Crippen molar-refractivity contribution in [3.05, 3.63) is 58.0 Å². The first kappa shape index (κ1) is 13.3. The summed E-state index contributed by atoms with van der Waals surface area (Å²) in [5.41, 5.74) is 4.13. The van der Waals surface area contributed by atoms with E-state index in [1.54, 1.807) is 6.07 Å². The van der Waals surface area contributed by atoms with Crippen LogP contribution in [0.15, 0.2) is 36.5 Å². The van der Waals surface area contributed by atoms with Gasteiger partial charge >= 0.3 is 0 Å². The number of H-pyrrole nitrogens is 1. The number of benzene rings is 1. The molecule has 0 aliphatic heterocycles. The standard InChI is InChI=1S/C15H13Cl2N3/c1-9-7-13(16)20-15(17)14(9)19-8-10-3-2-4-12-11(10)5-6-18-12/h2-7,18-19H,8H2,1H3. The molecule has 5 heteroatoms. The van der Waals surface area contributed by atoms with Crippen molar-refractivity contribution in [2.75, 3.05) is 5.32 Å². The molecule has 0 amide bonds. The van der Waals surface area contributed by atoms with Crippen molar-refractivity contribution in [2.45, 2.75) is 13.5 Å². The smallest absolute Gasteiger partial charge is 0.154 e. The van der Waals surface area contributed by atoms with E-state index in [4.69, 9.17) is 23.2 Å². The highest BCUT2D eigenvalue weighted by atomic mass is 35.5. The van der Waals surface area contributed by atoms with Crippen molar-refractivity contribution in [3.8, 4) is 0 Å². The molecule has 0 radical (unpaired) electrons. The summed E-state index contributed by atoms with van der Waals surface area (Å²) in [5.74, 6) is 0. The maximum Gasteiger partial charge on any atom is 0.154 e. The number of fused-ring (bicyclic) bond motifs is 1. The van der Waals surface area contributed by atoms with Crippen LogP contribution < -0.4 is 5.32 Å². The van der Waals surface area contributed by atoms with E-state index in [1.807, 2.05) is 19.2 Å². The number of aryl methyl sites for hydroxylation is 1. The first-order valence-electron chi connectivity index (χ1n) is 6.26. The molecule has 102 valence electrons. The van der Waals surface area contributed by atoms with Gasteiger partial charge in [0.15, 0.2) is 5.15 Å². The molecule has 3 aromatic rings. The largest absolute Gasteiger partial charge is 0.378 e. The van der Waals surface area contributed by atoms with Gasteiger partial charge in [0.2, 0.25) is 0 Å². The van der Waals surface area contributed by atoms with Gasteiger partial charge in [0.1, 0.15) is 5.15 Å². The first-order valence-corrected chi connectivity index (χ1v) is 7.02. The minimum absolute atomic E-state index is 0.399. The number of rotatable bonds is 3. The number of nitrogens with one attached hydrogen (secondary N) is 2. The third-order valence-electron chi connectivity index (χ3n) is 3.28. The van der Waals surface area contributed by atoms with Crippen LogP contribution in [-0.4, -0.2) is 9.97 Å². The fourth-order valence-electron chi connectivity index (χ4n) is 2.30. The van der Waals surface area contributed by atoms with Crippen LogP contribution in [0.4, 0.5) is 5.69 Å². The van der Waals surface area contributed by atoms with E-state index in [9.17, 15) is 0 Å². The van der Waals surface area contributed by atoms with Crippen molar-refractivity contribution in [1.29, 1.82) is 0 Å². The van der Waals surface area contributed by atoms with E-state index in [2.05, 4.69) is 33.5 Å². The van der Waals surface area contributed by atoms with Crippen LogP contribution in [0.25, 0.3) is 10.9 Å². The Bertz CT molecular complexity index is 742. The molecule has 0 spiro atoms. The van der Waals surface area contributed by atoms with Gasteiger partial charge in [-0.15, -0.1) is 0 Å². The molecule has 0 bridgehead atoms. The van der Waals surface area contributed by atoms with Crippen molar-refractivity contribution in [1.82, 2.24) is 9.97 Å². The number of pyridine rings is 1. The predicted octanol–water partition coefficient (Wildman–Crippen LogP) is 4.79. The highest BCUT2D eigenvalue weighted by molar-refractivity contribution is 6.34. The molecule has 2 heterocycles.